The molecule has 0 radical (unpaired) electrons. The number of ether oxygens (including phenoxy) is 6. The molecule has 0 spiro atoms. The molecule has 0 N–H and O–H groups in total. The number of benzene rings is 2. The van der Waals surface area contributed by atoms with Crippen LogP contribution in [0.25, 0.3) is 0 Å². The van der Waals surface area contributed by atoms with E-state index in [1.807, 2.05) is 12.1 Å². The van der Waals surface area contributed by atoms with Crippen molar-refractivity contribution in [1.82, 2.24) is 9.80 Å². The van der Waals surface area contributed by atoms with E-state index < -0.39 is 0 Å². The van der Waals surface area contributed by atoms with Crippen molar-refractivity contribution in [2.75, 3.05) is 68.8 Å². The third kappa shape index (κ3) is 6.22. The molecule has 2 saturated heterocycles. The fourth-order valence-corrected chi connectivity index (χ4v) is 11.4. The minimum absolute atomic E-state index is 0.0690. The fraction of sp³-hybridized carbons (Fsp3) is 0.600. The monoisotopic (exact) mass is 754 g/mol. The summed E-state index contributed by atoms with van der Waals surface area (Å²) in [5, 5.41) is 0. The third-order valence-electron chi connectivity index (χ3n) is 14.2. The average Bonchev–Trinajstić information content (AvgIpc) is 3.18. The van der Waals surface area contributed by atoms with Gasteiger partial charge >= 0.3 is 0 Å². The zero-order chi connectivity index (χ0) is 38.5. The summed E-state index contributed by atoms with van der Waals surface area (Å²) in [6.45, 7) is 3.06. The normalized spacial score (nSPS) is 29.5. The second kappa shape index (κ2) is 15.1. The Morgan fingerprint density at radius 2 is 1.02 bits per heavy atom. The Balaban J connectivity index is 0.903. The first-order valence-corrected chi connectivity index (χ1v) is 20.3. The molecule has 4 aliphatic carbocycles. The number of rotatable bonds is 14. The smallest absolute Gasteiger partial charge is 0.197 e. The molecule has 2 aromatic rings. The number of unbranched alkanes of at least 4 members (excludes halogenated alkanes) is 4. The van der Waals surface area contributed by atoms with E-state index in [1.165, 1.54) is 22.3 Å². The maximum atomic E-state index is 13.3. The van der Waals surface area contributed by atoms with E-state index in [2.05, 4.69) is 48.2 Å². The summed E-state index contributed by atoms with van der Waals surface area (Å²) in [7, 11) is 11.0. The van der Waals surface area contributed by atoms with Crippen molar-refractivity contribution in [1.29, 1.82) is 0 Å². The SMILES string of the molecule is COC1=C[C@@H]2[C@@H]3Cc4ccc(OC)c(OCCCCCCCOc5c(OC)ccc6c5[C@@]57CCN(C)[C@@H](C6)[C@H]5C=C(OC)C(=O)C7)c4[C@]2(CCN3C)CC1=O. The molecule has 10 heteroatoms. The van der Waals surface area contributed by atoms with Crippen molar-refractivity contribution >= 4 is 11.6 Å². The van der Waals surface area contributed by atoms with Crippen molar-refractivity contribution in [2.24, 2.45) is 11.8 Å². The highest BCUT2D eigenvalue weighted by atomic mass is 16.5. The molecule has 0 unspecified atom stereocenters. The molecule has 2 fully saturated rings. The Bertz CT molecular complexity index is 1750. The van der Waals surface area contributed by atoms with Gasteiger partial charge < -0.3 is 38.2 Å². The van der Waals surface area contributed by atoms with Crippen molar-refractivity contribution in [3.63, 3.8) is 0 Å². The van der Waals surface area contributed by atoms with Gasteiger partial charge in [-0.2, -0.15) is 0 Å². The number of likely N-dealkylation sites (tertiary alicyclic amines) is 2. The highest BCUT2D eigenvalue weighted by Crippen LogP contribution is 2.59. The summed E-state index contributed by atoms with van der Waals surface area (Å²) in [6, 6.07) is 9.05. The van der Waals surface area contributed by atoms with Gasteiger partial charge in [-0.1, -0.05) is 31.4 Å². The maximum Gasteiger partial charge on any atom is 0.197 e. The summed E-state index contributed by atoms with van der Waals surface area (Å²) in [6.07, 6.45) is 13.6. The van der Waals surface area contributed by atoms with Crippen LogP contribution in [-0.2, 0) is 42.7 Å². The van der Waals surface area contributed by atoms with Crippen LogP contribution in [0.1, 0.15) is 80.0 Å². The van der Waals surface area contributed by atoms with Crippen LogP contribution in [0.2, 0.25) is 0 Å². The minimum Gasteiger partial charge on any atom is -0.493 e. The van der Waals surface area contributed by atoms with E-state index in [0.717, 1.165) is 93.9 Å². The van der Waals surface area contributed by atoms with Crippen LogP contribution in [0, 0.1) is 11.8 Å². The van der Waals surface area contributed by atoms with Crippen LogP contribution in [-0.4, -0.2) is 102 Å². The number of allylic oxidation sites excluding steroid dienone is 2. The zero-order valence-electron chi connectivity index (χ0n) is 33.5. The summed E-state index contributed by atoms with van der Waals surface area (Å²) < 4.78 is 36.2. The van der Waals surface area contributed by atoms with Gasteiger partial charge in [-0.05, 0) is 101 Å². The molecule has 0 aromatic heterocycles. The minimum atomic E-state index is -0.319. The number of nitrogens with zero attached hydrogens (tertiary/aromatic N) is 2. The molecule has 6 atom stereocenters. The van der Waals surface area contributed by atoms with E-state index >= 15 is 0 Å². The molecule has 2 aromatic carbocycles. The highest BCUT2D eigenvalue weighted by molar-refractivity contribution is 5.97. The summed E-state index contributed by atoms with van der Waals surface area (Å²) >= 11 is 0. The van der Waals surface area contributed by atoms with Gasteiger partial charge in [0.15, 0.2) is 46.1 Å². The molecule has 0 amide bonds. The molecule has 8 rings (SSSR count). The molecule has 2 aliphatic heterocycles. The molecule has 4 bridgehead atoms. The Morgan fingerprint density at radius 3 is 1.42 bits per heavy atom. The van der Waals surface area contributed by atoms with Crippen LogP contribution in [0.4, 0.5) is 0 Å². The van der Waals surface area contributed by atoms with Gasteiger partial charge in [-0.25, -0.2) is 0 Å². The van der Waals surface area contributed by atoms with Gasteiger partial charge in [0.05, 0.1) is 41.7 Å². The number of hydrogen-bond donors (Lipinski definition) is 0. The molecular formula is C45H58N2O8. The Morgan fingerprint density at radius 1 is 0.600 bits per heavy atom. The van der Waals surface area contributed by atoms with Gasteiger partial charge in [-0.15, -0.1) is 0 Å². The standard InChI is InChI=1S/C45H58N2O8/c1-46-18-16-44-26-34(48)38(52-5)24-30(44)32(46)22-28-12-14-36(50-3)42(40(28)44)54-20-10-8-7-9-11-21-55-43-37(51-4)15-13-29-23-33-31-25-39(53-6)35(49)27-45(31,41(29)43)17-19-47(33)2/h12-15,24-25,30-33H,7-11,16-23,26-27H2,1-6H3/t30-,31-,32+,33+,44-,45-/m1/s1. The topological polar surface area (TPSA) is 96.0 Å². The Labute approximate surface area is 326 Å². The van der Waals surface area contributed by atoms with E-state index in [9.17, 15) is 9.59 Å². The summed E-state index contributed by atoms with van der Waals surface area (Å²) in [4.78, 5) is 31.6. The number of methoxy groups -OCH3 is 4. The first-order chi connectivity index (χ1) is 26.7. The summed E-state index contributed by atoms with van der Waals surface area (Å²) in [5.74, 6) is 4.58. The largest absolute Gasteiger partial charge is 0.493 e. The van der Waals surface area contributed by atoms with Crippen LogP contribution in [0.3, 0.4) is 0 Å². The molecule has 6 aliphatic rings. The number of piperidine rings is 2. The molecule has 2 heterocycles. The molecule has 296 valence electrons. The number of likely N-dealkylation sites (N-methyl/N-ethyl adjacent to an activating group) is 2. The van der Waals surface area contributed by atoms with Gasteiger partial charge in [0, 0.05) is 58.7 Å². The predicted octanol–water partition coefficient (Wildman–Crippen LogP) is 6.35. The maximum absolute atomic E-state index is 13.3. The van der Waals surface area contributed by atoms with E-state index in [4.69, 9.17) is 28.4 Å². The lowest BCUT2D eigenvalue weighted by Gasteiger charge is -2.56. The molecule has 10 nitrogen and oxygen atoms in total. The van der Waals surface area contributed by atoms with Crippen molar-refractivity contribution < 1.29 is 38.0 Å². The van der Waals surface area contributed by atoms with Crippen molar-refractivity contribution in [3.8, 4) is 23.0 Å². The molecule has 0 saturated carbocycles. The Hall–Kier alpha value is -4.02. The highest BCUT2D eigenvalue weighted by Gasteiger charge is 2.58. The lowest BCUT2D eigenvalue weighted by molar-refractivity contribution is -0.123. The van der Waals surface area contributed by atoms with Crippen molar-refractivity contribution in [3.05, 3.63) is 70.2 Å². The number of ketones is 2. The van der Waals surface area contributed by atoms with Gasteiger partial charge in [-0.3, -0.25) is 9.59 Å². The average molecular weight is 755 g/mol. The van der Waals surface area contributed by atoms with Gasteiger partial charge in [0.2, 0.25) is 0 Å². The summed E-state index contributed by atoms with van der Waals surface area (Å²) in [5.41, 5.74) is 4.23. The van der Waals surface area contributed by atoms with Gasteiger partial charge in [0.25, 0.3) is 0 Å². The molecular weight excluding hydrogens is 697 g/mol. The number of carbonyl (C=O) groups is 2. The van der Waals surface area contributed by atoms with Crippen LogP contribution < -0.4 is 18.9 Å². The number of Topliss-reactive ketones (excluding diaryl/α,β-unsaturated/α-hetero) is 2. The van der Waals surface area contributed by atoms with Crippen molar-refractivity contribution in [2.45, 2.75) is 93.5 Å². The second-order valence-corrected chi connectivity index (χ2v) is 16.8. The predicted molar refractivity (Wildman–Crippen MR) is 209 cm³/mol. The lowest BCUT2D eigenvalue weighted by atomic mass is 9.53. The lowest BCUT2D eigenvalue weighted by Crippen LogP contribution is -2.60. The molecule has 55 heavy (non-hydrogen) atoms. The van der Waals surface area contributed by atoms with Gasteiger partial charge in [0.1, 0.15) is 0 Å². The third-order valence-corrected chi connectivity index (χ3v) is 14.2. The quantitative estimate of drug-likeness (QED) is 0.203. The number of hydrogen-bond acceptors (Lipinski definition) is 10. The zero-order valence-corrected chi connectivity index (χ0v) is 33.5. The van der Waals surface area contributed by atoms with Crippen LogP contribution >= 0.6 is 0 Å². The number of carbonyl (C=O) groups excluding carboxylic acids is 2. The fourth-order valence-electron chi connectivity index (χ4n) is 11.4. The number of fused-ring (bicyclic) bond motifs is 2. The first kappa shape index (κ1) is 37.9. The van der Waals surface area contributed by atoms with E-state index in [-0.39, 0.29) is 34.2 Å². The van der Waals surface area contributed by atoms with E-state index in [1.54, 1.807) is 28.4 Å². The van der Waals surface area contributed by atoms with Crippen LogP contribution in [0.15, 0.2) is 47.9 Å². The first-order valence-electron chi connectivity index (χ1n) is 20.3. The Kier molecular flexibility index (Phi) is 10.4. The van der Waals surface area contributed by atoms with Crippen LogP contribution in [0.5, 0.6) is 23.0 Å². The van der Waals surface area contributed by atoms with E-state index in [0.29, 0.717) is 49.7 Å². The second-order valence-electron chi connectivity index (χ2n) is 16.8.